The molecular weight excluding hydrogens is 340 g/mol. The lowest BCUT2D eigenvalue weighted by Gasteiger charge is -2.38. The lowest BCUT2D eigenvalue weighted by atomic mass is 10.0. The van der Waals surface area contributed by atoms with E-state index < -0.39 is 0 Å². The second kappa shape index (κ2) is 8.23. The molecule has 0 bridgehead atoms. The van der Waals surface area contributed by atoms with Crippen LogP contribution in [0, 0.1) is 4.51 Å². The van der Waals surface area contributed by atoms with E-state index in [9.17, 15) is 0 Å². The van der Waals surface area contributed by atoms with Gasteiger partial charge in [0.1, 0.15) is 5.82 Å². The van der Waals surface area contributed by atoms with Crippen LogP contribution in [0.1, 0.15) is 38.2 Å². The van der Waals surface area contributed by atoms with Gasteiger partial charge in [0.15, 0.2) is 0 Å². The zero-order valence-corrected chi connectivity index (χ0v) is 16.6. The van der Waals surface area contributed by atoms with Gasteiger partial charge in [0.05, 0.1) is 4.51 Å². The monoisotopic (exact) mass is 370 g/mol. The van der Waals surface area contributed by atoms with Gasteiger partial charge in [-0.15, -0.1) is 0 Å². The Hall–Kier alpha value is -1.85. The predicted molar refractivity (Wildman–Crippen MR) is 115 cm³/mol. The van der Waals surface area contributed by atoms with Gasteiger partial charge in [-0.3, -0.25) is 0 Å². The van der Waals surface area contributed by atoms with Crippen LogP contribution in [-0.4, -0.2) is 42.1 Å². The van der Waals surface area contributed by atoms with Gasteiger partial charge in [0.2, 0.25) is 0 Å². The van der Waals surface area contributed by atoms with E-state index in [4.69, 9.17) is 18.0 Å². The van der Waals surface area contributed by atoms with Crippen LogP contribution in [0.15, 0.2) is 18.4 Å². The number of hydrogen-bond donors (Lipinski definition) is 2. The number of aromatic amines is 1. The minimum absolute atomic E-state index is 0.700. The quantitative estimate of drug-likeness (QED) is 0.800. The van der Waals surface area contributed by atoms with E-state index in [1.807, 2.05) is 25.2 Å². The summed E-state index contributed by atoms with van der Waals surface area (Å²) in [5.74, 6) is 1.05. The zero-order chi connectivity index (χ0) is 18.7. The minimum atomic E-state index is 0.700. The summed E-state index contributed by atoms with van der Waals surface area (Å²) in [5, 5.41) is 1.68. The van der Waals surface area contributed by atoms with Gasteiger partial charge < -0.3 is 20.5 Å². The molecule has 0 atom stereocenters. The highest BCUT2D eigenvalue weighted by Crippen LogP contribution is 2.25. The van der Waals surface area contributed by atoms with Gasteiger partial charge in [-0.05, 0) is 51.8 Å². The summed E-state index contributed by atoms with van der Waals surface area (Å²) < 4.78 is 0.755. The molecule has 0 spiro atoms. The van der Waals surface area contributed by atoms with Crippen LogP contribution in [-0.2, 0) is 0 Å². The Bertz CT molecular complexity index is 853. The Morgan fingerprint density at radius 1 is 1.23 bits per heavy atom. The van der Waals surface area contributed by atoms with Crippen molar-refractivity contribution in [2.24, 2.45) is 5.73 Å². The maximum absolute atomic E-state index is 6.00. The first kappa shape index (κ1) is 18.9. The van der Waals surface area contributed by atoms with Crippen molar-refractivity contribution in [2.45, 2.75) is 38.6 Å². The molecule has 3 rings (SSSR count). The number of aromatic nitrogens is 1. The molecular formula is C21H30N4S. The van der Waals surface area contributed by atoms with Crippen molar-refractivity contribution in [3.8, 4) is 0 Å². The van der Waals surface area contributed by atoms with Crippen LogP contribution in [0.3, 0.4) is 0 Å². The molecule has 1 aromatic rings. The number of allylic oxidation sites excluding steroid dienone is 2. The van der Waals surface area contributed by atoms with Crippen LogP contribution in [0.2, 0.25) is 0 Å². The maximum Gasteiger partial charge on any atom is 0.115 e. The number of piperidine rings is 1. The van der Waals surface area contributed by atoms with Crippen LogP contribution in [0.25, 0.3) is 18.7 Å². The Balaban J connectivity index is 1.92. The van der Waals surface area contributed by atoms with Gasteiger partial charge in [0.25, 0.3) is 0 Å². The Morgan fingerprint density at radius 2 is 1.88 bits per heavy atom. The first-order valence-electron chi connectivity index (χ1n) is 9.55. The Kier molecular flexibility index (Phi) is 5.99. The smallest absolute Gasteiger partial charge is 0.115 e. The van der Waals surface area contributed by atoms with E-state index in [1.165, 1.54) is 38.8 Å². The molecule has 140 valence electrons. The van der Waals surface area contributed by atoms with Crippen LogP contribution >= 0.6 is 12.2 Å². The fourth-order valence-electron chi connectivity index (χ4n) is 4.04. The van der Waals surface area contributed by atoms with Crippen molar-refractivity contribution in [1.29, 1.82) is 0 Å². The highest BCUT2D eigenvalue weighted by molar-refractivity contribution is 7.71. The number of nitrogens with zero attached hydrogens (tertiary/aromatic N) is 2. The van der Waals surface area contributed by atoms with Crippen molar-refractivity contribution in [1.82, 2.24) is 9.88 Å². The number of rotatable bonds is 4. The first-order chi connectivity index (χ1) is 12.5. The van der Waals surface area contributed by atoms with E-state index >= 15 is 0 Å². The minimum Gasteiger partial charge on any atom is -0.399 e. The molecule has 5 heteroatoms. The third kappa shape index (κ3) is 3.79. The molecule has 2 aliphatic rings. The lowest BCUT2D eigenvalue weighted by molar-refractivity contribution is 0.207. The fraction of sp³-hybridized carbons (Fsp3) is 0.476. The fourth-order valence-corrected chi connectivity index (χ4v) is 4.33. The van der Waals surface area contributed by atoms with Crippen molar-refractivity contribution in [3.05, 3.63) is 39.0 Å². The highest BCUT2D eigenvalue weighted by Gasteiger charge is 2.27. The molecule has 3 heterocycles. The summed E-state index contributed by atoms with van der Waals surface area (Å²) in [5.41, 5.74) is 7.67. The average molecular weight is 371 g/mol. The summed E-state index contributed by atoms with van der Waals surface area (Å²) in [4.78, 5) is 8.60. The zero-order valence-electron chi connectivity index (χ0n) is 15.8. The summed E-state index contributed by atoms with van der Waals surface area (Å²) in [6, 6.07) is 0.723. The number of anilines is 1. The van der Waals surface area contributed by atoms with Crippen LogP contribution in [0.5, 0.6) is 0 Å². The van der Waals surface area contributed by atoms with E-state index in [0.717, 1.165) is 45.6 Å². The second-order valence-corrected chi connectivity index (χ2v) is 7.62. The summed E-state index contributed by atoms with van der Waals surface area (Å²) in [7, 11) is 0. The van der Waals surface area contributed by atoms with E-state index in [2.05, 4.69) is 27.9 Å². The van der Waals surface area contributed by atoms with Crippen LogP contribution in [0.4, 0.5) is 5.82 Å². The Morgan fingerprint density at radius 3 is 2.46 bits per heavy atom. The molecule has 2 saturated heterocycles. The average Bonchev–Trinajstić information content (AvgIpc) is 3.20. The number of nitrogens with one attached hydrogen (secondary N) is 1. The standard InChI is InChI=1S/C21H30N4S/c1-4-16(22)14-19-15(3)20(26)18(5-2)21(23-19)25-12-8-17(9-13-25)24-10-6-7-11-24/h4-5,14,17,23H,2-3,6-13,22H2,1H3/b16-4+,19-14+. The normalized spacial score (nSPS) is 20.7. The number of nitrogens with two attached hydrogens (primary N) is 1. The summed E-state index contributed by atoms with van der Waals surface area (Å²) in [6.07, 6.45) is 10.7. The number of hydrogen-bond acceptors (Lipinski definition) is 4. The van der Waals surface area contributed by atoms with Gasteiger partial charge in [0, 0.05) is 41.0 Å². The first-order valence-corrected chi connectivity index (χ1v) is 9.96. The van der Waals surface area contributed by atoms with Crippen molar-refractivity contribution < 1.29 is 0 Å². The summed E-state index contributed by atoms with van der Waals surface area (Å²) >= 11 is 5.67. The summed E-state index contributed by atoms with van der Waals surface area (Å²) in [6.45, 7) is 14.6. The van der Waals surface area contributed by atoms with Crippen molar-refractivity contribution in [2.75, 3.05) is 31.1 Å². The predicted octanol–water partition coefficient (Wildman–Crippen LogP) is 2.51. The number of likely N-dealkylation sites (tertiary alicyclic amines) is 1. The SMILES string of the molecule is C=Cc1c(N2CCC(N3CCCC3)CC2)[nH]/c(=C/C(N)=C\C)c(=C)c1=S. The van der Waals surface area contributed by atoms with E-state index in [0.29, 0.717) is 5.70 Å². The number of pyridine rings is 1. The van der Waals surface area contributed by atoms with Gasteiger partial charge in [-0.1, -0.05) is 37.5 Å². The Labute approximate surface area is 161 Å². The highest BCUT2D eigenvalue weighted by atomic mass is 32.1. The third-order valence-corrected chi connectivity index (χ3v) is 6.10. The lowest BCUT2D eigenvalue weighted by Crippen LogP contribution is -2.45. The van der Waals surface area contributed by atoms with Crippen molar-refractivity contribution in [3.63, 3.8) is 0 Å². The molecule has 0 amide bonds. The van der Waals surface area contributed by atoms with Gasteiger partial charge >= 0.3 is 0 Å². The molecule has 26 heavy (non-hydrogen) atoms. The molecule has 3 N–H and O–H groups in total. The van der Waals surface area contributed by atoms with E-state index in [1.54, 1.807) is 0 Å². The molecule has 2 aliphatic heterocycles. The largest absolute Gasteiger partial charge is 0.399 e. The molecule has 1 aromatic heterocycles. The maximum atomic E-state index is 6.00. The molecule has 0 radical (unpaired) electrons. The number of H-pyrrole nitrogens is 1. The van der Waals surface area contributed by atoms with Gasteiger partial charge in [-0.2, -0.15) is 0 Å². The van der Waals surface area contributed by atoms with Crippen molar-refractivity contribution >= 4 is 36.8 Å². The topological polar surface area (TPSA) is 48.3 Å². The molecule has 0 aliphatic carbocycles. The molecule has 0 unspecified atom stereocenters. The molecule has 2 fully saturated rings. The molecule has 4 nitrogen and oxygen atoms in total. The third-order valence-electron chi connectivity index (χ3n) is 5.64. The molecule has 0 aromatic carbocycles. The van der Waals surface area contributed by atoms with E-state index in [-0.39, 0.29) is 0 Å². The molecule has 0 saturated carbocycles. The van der Waals surface area contributed by atoms with Crippen LogP contribution < -0.4 is 21.2 Å². The second-order valence-electron chi connectivity index (χ2n) is 7.21. The van der Waals surface area contributed by atoms with Gasteiger partial charge in [-0.25, -0.2) is 0 Å².